The summed E-state index contributed by atoms with van der Waals surface area (Å²) in [5.41, 5.74) is 0.216. The van der Waals surface area contributed by atoms with Gasteiger partial charge in [0, 0.05) is 18.5 Å². The maximum absolute atomic E-state index is 4.84. The van der Waals surface area contributed by atoms with Crippen molar-refractivity contribution in [1.82, 2.24) is 20.5 Å². The van der Waals surface area contributed by atoms with Crippen LogP contribution in [0.5, 0.6) is 0 Å². The molecule has 1 aliphatic carbocycles. The van der Waals surface area contributed by atoms with Crippen molar-refractivity contribution < 1.29 is 0 Å². The van der Waals surface area contributed by atoms with Crippen LogP contribution in [-0.2, 0) is 5.41 Å². The first-order chi connectivity index (χ1) is 10.2. The van der Waals surface area contributed by atoms with E-state index in [0.717, 1.165) is 37.3 Å². The van der Waals surface area contributed by atoms with Crippen molar-refractivity contribution in [2.45, 2.75) is 57.3 Å². The van der Waals surface area contributed by atoms with E-state index in [4.69, 9.17) is 4.98 Å². The van der Waals surface area contributed by atoms with Gasteiger partial charge < -0.3 is 10.2 Å². The average molecular weight is 291 g/mol. The molecule has 2 heterocycles. The SMILES string of the molecule is CNCC1CCN(c2n[nH]c(C3(C)CCCCC3)n2)CC1. The second kappa shape index (κ2) is 6.34. The van der Waals surface area contributed by atoms with E-state index in [1.807, 2.05) is 7.05 Å². The lowest BCUT2D eigenvalue weighted by molar-refractivity contribution is 0.304. The lowest BCUT2D eigenvalue weighted by Gasteiger charge is -2.32. The van der Waals surface area contributed by atoms with Crippen molar-refractivity contribution in [2.75, 3.05) is 31.6 Å². The topological polar surface area (TPSA) is 56.8 Å². The van der Waals surface area contributed by atoms with Crippen LogP contribution in [0.1, 0.15) is 57.7 Å². The Kier molecular flexibility index (Phi) is 4.48. The van der Waals surface area contributed by atoms with E-state index in [1.54, 1.807) is 0 Å². The van der Waals surface area contributed by atoms with Crippen molar-refractivity contribution in [3.8, 4) is 0 Å². The van der Waals surface area contributed by atoms with Crippen LogP contribution < -0.4 is 10.2 Å². The Morgan fingerprint density at radius 1 is 1.24 bits per heavy atom. The minimum Gasteiger partial charge on any atom is -0.340 e. The molecule has 2 N–H and O–H groups in total. The first-order valence-electron chi connectivity index (χ1n) is 8.54. The molecule has 3 rings (SSSR count). The van der Waals surface area contributed by atoms with Gasteiger partial charge in [-0.25, -0.2) is 0 Å². The van der Waals surface area contributed by atoms with Crippen LogP contribution in [0.15, 0.2) is 0 Å². The Hall–Kier alpha value is -1.10. The number of aromatic nitrogens is 3. The van der Waals surface area contributed by atoms with Crippen LogP contribution >= 0.6 is 0 Å². The minimum absolute atomic E-state index is 0.216. The van der Waals surface area contributed by atoms with Gasteiger partial charge in [0.2, 0.25) is 5.95 Å². The molecule has 0 atom stereocenters. The van der Waals surface area contributed by atoms with Crippen molar-refractivity contribution in [3.05, 3.63) is 5.82 Å². The van der Waals surface area contributed by atoms with Gasteiger partial charge in [-0.1, -0.05) is 26.2 Å². The predicted molar refractivity (Wildman–Crippen MR) is 85.7 cm³/mol. The van der Waals surface area contributed by atoms with Gasteiger partial charge in [-0.3, -0.25) is 5.10 Å². The van der Waals surface area contributed by atoms with E-state index in [1.165, 1.54) is 44.9 Å². The maximum Gasteiger partial charge on any atom is 0.244 e. The molecule has 2 aliphatic rings. The number of rotatable bonds is 4. The molecule has 5 nitrogen and oxygen atoms in total. The number of H-pyrrole nitrogens is 1. The number of piperidine rings is 1. The average Bonchev–Trinajstić information content (AvgIpc) is 3.00. The fraction of sp³-hybridized carbons (Fsp3) is 0.875. The molecule has 1 aromatic rings. The highest BCUT2D eigenvalue weighted by Crippen LogP contribution is 2.37. The van der Waals surface area contributed by atoms with Gasteiger partial charge in [-0.2, -0.15) is 4.98 Å². The summed E-state index contributed by atoms with van der Waals surface area (Å²) in [7, 11) is 2.04. The monoisotopic (exact) mass is 291 g/mol. The molecule has 2 fully saturated rings. The summed E-state index contributed by atoms with van der Waals surface area (Å²) in [6, 6.07) is 0. The van der Waals surface area contributed by atoms with Gasteiger partial charge in [-0.05, 0) is 45.2 Å². The first kappa shape index (κ1) is 14.8. The van der Waals surface area contributed by atoms with Gasteiger partial charge >= 0.3 is 0 Å². The number of nitrogens with zero attached hydrogens (tertiary/aromatic N) is 3. The quantitative estimate of drug-likeness (QED) is 0.895. The summed E-state index contributed by atoms with van der Waals surface area (Å²) >= 11 is 0. The normalized spacial score (nSPS) is 23.4. The summed E-state index contributed by atoms with van der Waals surface area (Å²) in [6.45, 7) is 5.64. The van der Waals surface area contributed by atoms with E-state index in [2.05, 4.69) is 27.3 Å². The fourth-order valence-electron chi connectivity index (χ4n) is 3.86. The van der Waals surface area contributed by atoms with Crippen LogP contribution in [0.2, 0.25) is 0 Å². The van der Waals surface area contributed by atoms with E-state index in [9.17, 15) is 0 Å². The van der Waals surface area contributed by atoms with Gasteiger partial charge in [0.05, 0.1) is 0 Å². The zero-order valence-corrected chi connectivity index (χ0v) is 13.5. The summed E-state index contributed by atoms with van der Waals surface area (Å²) in [5, 5.41) is 11.0. The van der Waals surface area contributed by atoms with Crippen LogP contribution in [0.4, 0.5) is 5.95 Å². The van der Waals surface area contributed by atoms with Gasteiger partial charge in [0.1, 0.15) is 5.82 Å². The Balaban J connectivity index is 1.63. The number of hydrogen-bond acceptors (Lipinski definition) is 4. The summed E-state index contributed by atoms with van der Waals surface area (Å²) in [6.07, 6.45) is 8.97. The van der Waals surface area contributed by atoms with E-state index >= 15 is 0 Å². The third-order valence-corrected chi connectivity index (χ3v) is 5.39. The van der Waals surface area contributed by atoms with Crippen molar-refractivity contribution in [3.63, 3.8) is 0 Å². The molecular formula is C16H29N5. The van der Waals surface area contributed by atoms with E-state index in [-0.39, 0.29) is 5.41 Å². The highest BCUT2D eigenvalue weighted by molar-refractivity contribution is 5.30. The van der Waals surface area contributed by atoms with Crippen molar-refractivity contribution in [1.29, 1.82) is 0 Å². The molecule has 1 aromatic heterocycles. The van der Waals surface area contributed by atoms with Gasteiger partial charge in [0.15, 0.2) is 0 Å². The second-order valence-electron chi connectivity index (χ2n) is 7.09. The van der Waals surface area contributed by atoms with Crippen LogP contribution in [0.25, 0.3) is 0 Å². The number of hydrogen-bond donors (Lipinski definition) is 2. The largest absolute Gasteiger partial charge is 0.340 e. The summed E-state index contributed by atoms with van der Waals surface area (Å²) in [4.78, 5) is 7.19. The summed E-state index contributed by atoms with van der Waals surface area (Å²) < 4.78 is 0. The molecule has 0 unspecified atom stereocenters. The zero-order valence-electron chi connectivity index (χ0n) is 13.5. The standard InChI is InChI=1S/C16H29N5/c1-16(8-4-3-5-9-16)14-18-15(20-19-14)21-10-6-13(7-11-21)12-17-2/h13,17H,3-12H2,1-2H3,(H,18,19,20). The third-order valence-electron chi connectivity index (χ3n) is 5.39. The number of nitrogens with one attached hydrogen (secondary N) is 2. The minimum atomic E-state index is 0.216. The predicted octanol–water partition coefficient (Wildman–Crippen LogP) is 2.46. The van der Waals surface area contributed by atoms with Crippen LogP contribution in [0, 0.1) is 5.92 Å². The molecule has 0 spiro atoms. The molecule has 1 saturated carbocycles. The molecule has 0 aromatic carbocycles. The van der Waals surface area contributed by atoms with E-state index in [0.29, 0.717) is 0 Å². The highest BCUT2D eigenvalue weighted by atomic mass is 15.4. The van der Waals surface area contributed by atoms with E-state index < -0.39 is 0 Å². The lowest BCUT2D eigenvalue weighted by atomic mass is 9.75. The first-order valence-corrected chi connectivity index (χ1v) is 8.54. The van der Waals surface area contributed by atoms with Crippen LogP contribution in [0.3, 0.4) is 0 Å². The number of aromatic amines is 1. The van der Waals surface area contributed by atoms with Gasteiger partial charge in [0.25, 0.3) is 0 Å². The lowest BCUT2D eigenvalue weighted by Crippen LogP contribution is -2.37. The second-order valence-corrected chi connectivity index (χ2v) is 7.09. The molecule has 118 valence electrons. The van der Waals surface area contributed by atoms with Gasteiger partial charge in [-0.15, -0.1) is 5.10 Å². The maximum atomic E-state index is 4.84. The van der Waals surface area contributed by atoms with Crippen molar-refractivity contribution in [2.24, 2.45) is 5.92 Å². The fourth-order valence-corrected chi connectivity index (χ4v) is 3.86. The molecular weight excluding hydrogens is 262 g/mol. The Labute approximate surface area is 127 Å². The molecule has 21 heavy (non-hydrogen) atoms. The molecule has 0 amide bonds. The zero-order chi connectivity index (χ0) is 14.7. The highest BCUT2D eigenvalue weighted by Gasteiger charge is 2.33. The molecule has 0 radical (unpaired) electrons. The van der Waals surface area contributed by atoms with Crippen molar-refractivity contribution >= 4 is 5.95 Å². The molecule has 1 aliphatic heterocycles. The van der Waals surface area contributed by atoms with Crippen LogP contribution in [-0.4, -0.2) is 41.9 Å². The molecule has 5 heteroatoms. The number of anilines is 1. The smallest absolute Gasteiger partial charge is 0.244 e. The molecule has 1 saturated heterocycles. The third kappa shape index (κ3) is 3.23. The summed E-state index contributed by atoms with van der Waals surface area (Å²) in [5.74, 6) is 2.83. The Bertz CT molecular complexity index is 441. The molecule has 0 bridgehead atoms. The Morgan fingerprint density at radius 3 is 2.62 bits per heavy atom. The Morgan fingerprint density at radius 2 is 1.95 bits per heavy atom.